The Labute approximate surface area is 149 Å². The minimum atomic E-state index is -0.562. The average Bonchev–Trinajstić information content (AvgIpc) is 3.12. The smallest absolute Gasteiger partial charge is 0.164 e. The zero-order chi connectivity index (χ0) is 17.4. The molecule has 1 N–H and O–H groups in total. The monoisotopic (exact) mass is 364 g/mol. The van der Waals surface area contributed by atoms with Crippen molar-refractivity contribution in [3.8, 4) is 0 Å². The zero-order valence-electron chi connectivity index (χ0n) is 14.1. The van der Waals surface area contributed by atoms with Crippen molar-refractivity contribution in [2.45, 2.75) is 48.3 Å². The summed E-state index contributed by atoms with van der Waals surface area (Å²) in [5.74, 6) is -0.562. The number of hydrogen-bond donors (Lipinski definition) is 1. The first-order chi connectivity index (χ1) is 11.3. The zero-order valence-corrected chi connectivity index (χ0v) is 15.7. The van der Waals surface area contributed by atoms with Gasteiger partial charge in [0, 0.05) is 11.1 Å². The molecular formula is C17H20N2O3S2. The molecule has 1 aliphatic rings. The van der Waals surface area contributed by atoms with Crippen LogP contribution in [0.1, 0.15) is 38.1 Å². The van der Waals surface area contributed by atoms with Gasteiger partial charge in [0.2, 0.25) is 0 Å². The van der Waals surface area contributed by atoms with E-state index in [0.29, 0.717) is 12.3 Å². The van der Waals surface area contributed by atoms with Crippen LogP contribution in [-0.2, 0) is 15.1 Å². The van der Waals surface area contributed by atoms with Gasteiger partial charge in [-0.05, 0) is 45.4 Å². The summed E-state index contributed by atoms with van der Waals surface area (Å²) in [4.78, 5) is 6.65. The van der Waals surface area contributed by atoms with Crippen molar-refractivity contribution in [2.24, 2.45) is 5.16 Å². The summed E-state index contributed by atoms with van der Waals surface area (Å²) in [6.45, 7) is 8.18. The fraction of sp³-hybridized carbons (Fsp3) is 0.412. The SMILES string of the molecule is C/C(=N\O)c1ccc(Sc2ncc([C@@]3(C)COC(C)(C)O3)s2)cc1. The van der Waals surface area contributed by atoms with Crippen LogP contribution in [-0.4, -0.2) is 28.3 Å². The van der Waals surface area contributed by atoms with Crippen LogP contribution >= 0.6 is 23.1 Å². The van der Waals surface area contributed by atoms with Gasteiger partial charge in [-0.15, -0.1) is 11.3 Å². The minimum Gasteiger partial charge on any atom is -0.411 e. The number of oxime groups is 1. The molecule has 128 valence electrons. The molecule has 0 saturated carbocycles. The summed E-state index contributed by atoms with van der Waals surface area (Å²) in [5.41, 5.74) is 1.04. The number of benzene rings is 1. The van der Waals surface area contributed by atoms with Gasteiger partial charge in [-0.1, -0.05) is 29.1 Å². The standard InChI is InChI=1S/C17H20N2O3S2/c1-11(19-20)12-5-7-13(8-6-12)23-15-18-9-14(24-15)17(4)10-21-16(2,3)22-17/h5-9,20H,10H2,1-4H3/b19-11+/t17-/m1/s1. The van der Waals surface area contributed by atoms with Crippen LogP contribution in [0.15, 0.2) is 44.9 Å². The normalized spacial score (nSPS) is 23.6. The Morgan fingerprint density at radius 2 is 2.00 bits per heavy atom. The van der Waals surface area contributed by atoms with E-state index in [0.717, 1.165) is 19.7 Å². The van der Waals surface area contributed by atoms with E-state index in [9.17, 15) is 0 Å². The largest absolute Gasteiger partial charge is 0.411 e. The van der Waals surface area contributed by atoms with Crippen LogP contribution in [0, 0.1) is 0 Å². The van der Waals surface area contributed by atoms with Crippen LogP contribution in [0.4, 0.5) is 0 Å². The van der Waals surface area contributed by atoms with Gasteiger partial charge in [0.15, 0.2) is 10.1 Å². The van der Waals surface area contributed by atoms with Gasteiger partial charge in [0.05, 0.1) is 17.2 Å². The topological polar surface area (TPSA) is 63.9 Å². The van der Waals surface area contributed by atoms with Crippen LogP contribution in [0.3, 0.4) is 0 Å². The van der Waals surface area contributed by atoms with Gasteiger partial charge < -0.3 is 14.7 Å². The molecule has 1 atom stereocenters. The Morgan fingerprint density at radius 1 is 1.29 bits per heavy atom. The molecule has 1 aliphatic heterocycles. The summed E-state index contributed by atoms with van der Waals surface area (Å²) in [5, 5.41) is 12.0. The Morgan fingerprint density at radius 3 is 2.58 bits per heavy atom. The molecule has 5 nitrogen and oxygen atoms in total. The molecule has 0 amide bonds. The molecular weight excluding hydrogens is 344 g/mol. The maximum Gasteiger partial charge on any atom is 0.164 e. The number of thiazole rings is 1. The molecule has 1 saturated heterocycles. The van der Waals surface area contributed by atoms with Crippen LogP contribution in [0.25, 0.3) is 0 Å². The summed E-state index contributed by atoms with van der Waals surface area (Å²) in [7, 11) is 0. The summed E-state index contributed by atoms with van der Waals surface area (Å²) >= 11 is 3.23. The first kappa shape index (κ1) is 17.4. The Bertz CT molecular complexity index is 755. The number of aromatic nitrogens is 1. The lowest BCUT2D eigenvalue weighted by molar-refractivity contribution is -0.158. The molecule has 2 aromatic rings. The number of nitrogens with zero attached hydrogens (tertiary/aromatic N) is 2. The van der Waals surface area contributed by atoms with Crippen molar-refractivity contribution in [2.75, 3.05) is 6.61 Å². The number of ether oxygens (including phenoxy) is 2. The molecule has 0 aliphatic carbocycles. The van der Waals surface area contributed by atoms with E-state index >= 15 is 0 Å². The van der Waals surface area contributed by atoms with E-state index in [1.807, 2.05) is 51.2 Å². The third-order valence-electron chi connectivity index (χ3n) is 3.80. The molecule has 1 aromatic carbocycles. The van der Waals surface area contributed by atoms with Crippen LogP contribution in [0.2, 0.25) is 0 Å². The fourth-order valence-corrected chi connectivity index (χ4v) is 4.53. The summed E-state index contributed by atoms with van der Waals surface area (Å²) in [6.07, 6.45) is 1.87. The van der Waals surface area contributed by atoms with E-state index in [4.69, 9.17) is 14.7 Å². The second kappa shape index (κ2) is 6.48. The van der Waals surface area contributed by atoms with Gasteiger partial charge in [0.1, 0.15) is 5.60 Å². The average molecular weight is 364 g/mol. The van der Waals surface area contributed by atoms with Gasteiger partial charge >= 0.3 is 0 Å². The highest BCUT2D eigenvalue weighted by atomic mass is 32.2. The summed E-state index contributed by atoms with van der Waals surface area (Å²) < 4.78 is 12.7. The highest BCUT2D eigenvalue weighted by Gasteiger charge is 2.44. The van der Waals surface area contributed by atoms with Crippen molar-refractivity contribution < 1.29 is 14.7 Å². The summed E-state index contributed by atoms with van der Waals surface area (Å²) in [6, 6.07) is 7.86. The van der Waals surface area contributed by atoms with Crippen molar-refractivity contribution >= 4 is 28.8 Å². The lowest BCUT2D eigenvalue weighted by Gasteiger charge is -2.23. The van der Waals surface area contributed by atoms with E-state index in [1.165, 1.54) is 0 Å². The third-order valence-corrected chi connectivity index (χ3v) is 6.12. The first-order valence-corrected chi connectivity index (χ1v) is 9.22. The van der Waals surface area contributed by atoms with Gasteiger partial charge in [-0.2, -0.15) is 0 Å². The molecule has 7 heteroatoms. The Kier molecular flexibility index (Phi) is 4.70. The Hall–Kier alpha value is -1.41. The van der Waals surface area contributed by atoms with Crippen molar-refractivity contribution in [1.82, 2.24) is 4.98 Å². The lowest BCUT2D eigenvalue weighted by atomic mass is 10.1. The van der Waals surface area contributed by atoms with Gasteiger partial charge in [0.25, 0.3) is 0 Å². The number of rotatable bonds is 4. The highest BCUT2D eigenvalue weighted by molar-refractivity contribution is 8.01. The first-order valence-electron chi connectivity index (χ1n) is 7.59. The maximum atomic E-state index is 8.81. The van der Waals surface area contributed by atoms with E-state index < -0.39 is 11.4 Å². The minimum absolute atomic E-state index is 0.446. The molecule has 0 radical (unpaired) electrons. The van der Waals surface area contributed by atoms with E-state index in [-0.39, 0.29) is 0 Å². The van der Waals surface area contributed by atoms with Gasteiger partial charge in [-0.3, -0.25) is 0 Å². The van der Waals surface area contributed by atoms with E-state index in [2.05, 4.69) is 10.1 Å². The van der Waals surface area contributed by atoms with Crippen molar-refractivity contribution in [1.29, 1.82) is 0 Å². The number of hydrogen-bond acceptors (Lipinski definition) is 7. The predicted molar refractivity (Wildman–Crippen MR) is 95.1 cm³/mol. The second-order valence-electron chi connectivity index (χ2n) is 6.32. The Balaban J connectivity index is 1.73. The van der Waals surface area contributed by atoms with Crippen molar-refractivity contribution in [3.05, 3.63) is 40.9 Å². The van der Waals surface area contributed by atoms with Crippen molar-refractivity contribution in [3.63, 3.8) is 0 Å². The molecule has 0 bridgehead atoms. The predicted octanol–water partition coefficient (Wildman–Crippen LogP) is 4.49. The molecule has 0 unspecified atom stereocenters. The molecule has 0 spiro atoms. The van der Waals surface area contributed by atoms with Crippen LogP contribution in [0.5, 0.6) is 0 Å². The van der Waals surface area contributed by atoms with E-state index in [1.54, 1.807) is 30.0 Å². The molecule has 3 rings (SSSR count). The molecule has 2 heterocycles. The molecule has 24 heavy (non-hydrogen) atoms. The molecule has 1 aromatic heterocycles. The van der Waals surface area contributed by atoms with Crippen LogP contribution < -0.4 is 0 Å². The maximum absolute atomic E-state index is 8.81. The lowest BCUT2D eigenvalue weighted by Crippen LogP contribution is -2.27. The van der Waals surface area contributed by atoms with Gasteiger partial charge in [-0.25, -0.2) is 4.98 Å². The quantitative estimate of drug-likeness (QED) is 0.492. The molecule has 1 fully saturated rings. The third kappa shape index (κ3) is 3.64. The highest BCUT2D eigenvalue weighted by Crippen LogP contribution is 2.42. The second-order valence-corrected chi connectivity index (χ2v) is 8.67. The fourth-order valence-electron chi connectivity index (χ4n) is 2.51.